The molecule has 0 aliphatic rings. The van der Waals surface area contributed by atoms with Crippen LogP contribution in [0.15, 0.2) is 0 Å². The van der Waals surface area contributed by atoms with Crippen molar-refractivity contribution in [3.05, 3.63) is 0 Å². The Morgan fingerprint density at radius 2 is 1.18 bits per heavy atom. The lowest BCUT2D eigenvalue weighted by atomic mass is 10.9. The molecule has 0 spiro atoms. The Labute approximate surface area is 68.0 Å². The largest absolute Gasteiger partial charge is 0.235 e. The molecule has 0 saturated carbocycles. The molecular weight excluding hydrogens is 192 g/mol. The van der Waals surface area contributed by atoms with Crippen LogP contribution in [0.3, 0.4) is 0 Å². The maximum absolute atomic E-state index is 11.5. The van der Waals surface area contributed by atoms with Crippen LogP contribution in [0.5, 0.6) is 0 Å². The molecule has 0 N–H and O–H groups in total. The van der Waals surface area contributed by atoms with Crippen LogP contribution in [0.25, 0.3) is 0 Å². The summed E-state index contributed by atoms with van der Waals surface area (Å²) in [6, 6.07) is 0.0203. The molecule has 0 saturated heterocycles. The SMILES string of the molecule is FC(F)C[SiH2]C[SiH2]CC(F)F. The second-order valence-corrected chi connectivity index (χ2v) is 7.82. The molecule has 0 nitrogen and oxygen atoms in total. The maximum Gasteiger partial charge on any atom is 0.235 e. The third-order valence-electron chi connectivity index (χ3n) is 1.34. The zero-order valence-electron chi connectivity index (χ0n) is 6.20. The number of rotatable bonds is 6. The van der Waals surface area contributed by atoms with Crippen molar-refractivity contribution in [1.29, 1.82) is 0 Å². The lowest BCUT2D eigenvalue weighted by molar-refractivity contribution is 0.171. The molecule has 0 aromatic heterocycles. The molecule has 0 heterocycles. The van der Waals surface area contributed by atoms with Crippen LogP contribution in [0.2, 0.25) is 17.8 Å². The predicted octanol–water partition coefficient (Wildman–Crippen LogP) is 1.07. The van der Waals surface area contributed by atoms with Crippen LogP contribution in [0.1, 0.15) is 0 Å². The Morgan fingerprint density at radius 1 is 0.818 bits per heavy atom. The van der Waals surface area contributed by atoms with E-state index in [0.29, 0.717) is 0 Å². The van der Waals surface area contributed by atoms with Crippen LogP contribution in [0, 0.1) is 0 Å². The van der Waals surface area contributed by atoms with Gasteiger partial charge in [-0.2, -0.15) is 0 Å². The van der Waals surface area contributed by atoms with Gasteiger partial charge in [0.2, 0.25) is 12.9 Å². The molecule has 0 aromatic carbocycles. The van der Waals surface area contributed by atoms with Gasteiger partial charge in [-0.05, 0) is 12.1 Å². The van der Waals surface area contributed by atoms with E-state index in [1.165, 1.54) is 0 Å². The normalized spacial score (nSPS) is 13.6. The average molecular weight is 204 g/mol. The minimum atomic E-state index is -2.21. The maximum atomic E-state index is 11.5. The van der Waals surface area contributed by atoms with E-state index in [2.05, 4.69) is 0 Å². The summed E-state index contributed by atoms with van der Waals surface area (Å²) in [5.41, 5.74) is 0.759. The van der Waals surface area contributed by atoms with Crippen LogP contribution in [-0.4, -0.2) is 31.9 Å². The first kappa shape index (κ1) is 11.2. The Kier molecular flexibility index (Phi) is 6.93. The highest BCUT2D eigenvalue weighted by Crippen LogP contribution is 2.03. The summed E-state index contributed by atoms with van der Waals surface area (Å²) in [4.78, 5) is 0. The first-order valence-electron chi connectivity index (χ1n) is 3.69. The highest BCUT2D eigenvalue weighted by molar-refractivity contribution is 6.55. The molecular formula is C5H12F4Si2. The van der Waals surface area contributed by atoms with E-state index in [0.717, 1.165) is 5.67 Å². The van der Waals surface area contributed by atoms with E-state index < -0.39 is 31.9 Å². The summed E-state index contributed by atoms with van der Waals surface area (Å²) in [6.45, 7) is 0. The summed E-state index contributed by atoms with van der Waals surface area (Å²) in [6.07, 6.45) is -4.41. The lowest BCUT2D eigenvalue weighted by Gasteiger charge is -1.98. The first-order chi connectivity index (χ1) is 5.13. The van der Waals surface area contributed by atoms with Crippen LogP contribution in [0.4, 0.5) is 17.6 Å². The van der Waals surface area contributed by atoms with E-state index in [9.17, 15) is 17.6 Å². The quantitative estimate of drug-likeness (QED) is 0.345. The van der Waals surface area contributed by atoms with Crippen molar-refractivity contribution in [2.75, 3.05) is 0 Å². The van der Waals surface area contributed by atoms with Crippen molar-refractivity contribution in [3.8, 4) is 0 Å². The van der Waals surface area contributed by atoms with Gasteiger partial charge in [0.15, 0.2) is 0 Å². The Bertz CT molecular complexity index is 78.6. The monoisotopic (exact) mass is 204 g/mol. The third-order valence-corrected chi connectivity index (χ3v) is 7.03. The van der Waals surface area contributed by atoms with Crippen molar-refractivity contribution in [2.24, 2.45) is 0 Å². The fraction of sp³-hybridized carbons (Fsp3) is 1.00. The standard InChI is InChI=1S/C5H12F4Si2/c6-4(7)1-10-3-11-2-5(8)9/h4-5H,1-3,10-11H2. The summed E-state index contributed by atoms with van der Waals surface area (Å²) < 4.78 is 46.1. The number of hydrogen-bond acceptors (Lipinski definition) is 0. The molecule has 0 amide bonds. The fourth-order valence-electron chi connectivity index (χ4n) is 0.774. The van der Waals surface area contributed by atoms with Gasteiger partial charge in [-0.25, -0.2) is 17.6 Å². The molecule has 6 heteroatoms. The van der Waals surface area contributed by atoms with Crippen LogP contribution < -0.4 is 0 Å². The molecule has 0 fully saturated rings. The van der Waals surface area contributed by atoms with Crippen molar-refractivity contribution in [3.63, 3.8) is 0 Å². The highest BCUT2D eigenvalue weighted by Gasteiger charge is 2.04. The number of halogens is 4. The molecule has 0 aliphatic heterocycles. The minimum Gasteiger partial charge on any atom is -0.211 e. The summed E-state index contributed by atoms with van der Waals surface area (Å²) in [5, 5.41) is 0. The van der Waals surface area contributed by atoms with Crippen molar-refractivity contribution >= 4 is 19.0 Å². The Hall–Kier alpha value is 0.154. The first-order valence-corrected chi connectivity index (χ1v) is 7.69. The van der Waals surface area contributed by atoms with Gasteiger partial charge in [-0.3, -0.25) is 0 Å². The number of hydrogen-bond donors (Lipinski definition) is 0. The van der Waals surface area contributed by atoms with E-state index in [1.807, 2.05) is 0 Å². The zero-order valence-corrected chi connectivity index (χ0v) is 9.03. The van der Waals surface area contributed by atoms with Gasteiger partial charge in [0.1, 0.15) is 0 Å². The second-order valence-electron chi connectivity index (χ2n) is 2.42. The molecule has 0 radical (unpaired) electrons. The minimum absolute atomic E-state index is 0.0102. The Morgan fingerprint density at radius 3 is 1.45 bits per heavy atom. The Balaban J connectivity index is 2.91. The fourth-order valence-corrected chi connectivity index (χ4v) is 5.11. The van der Waals surface area contributed by atoms with Crippen molar-refractivity contribution < 1.29 is 17.6 Å². The average Bonchev–Trinajstić information content (AvgIpc) is 1.85. The van der Waals surface area contributed by atoms with Gasteiger partial charge in [0.05, 0.1) is 0 Å². The van der Waals surface area contributed by atoms with Gasteiger partial charge in [0.25, 0.3) is 0 Å². The van der Waals surface area contributed by atoms with E-state index >= 15 is 0 Å². The second kappa shape index (κ2) is 6.84. The van der Waals surface area contributed by atoms with E-state index in [-0.39, 0.29) is 12.1 Å². The summed E-state index contributed by atoms with van der Waals surface area (Å²) in [7, 11) is -1.40. The third kappa shape index (κ3) is 10.2. The van der Waals surface area contributed by atoms with Crippen molar-refractivity contribution in [1.82, 2.24) is 0 Å². The van der Waals surface area contributed by atoms with Gasteiger partial charge >= 0.3 is 0 Å². The zero-order chi connectivity index (χ0) is 8.69. The van der Waals surface area contributed by atoms with Gasteiger partial charge < -0.3 is 0 Å². The van der Waals surface area contributed by atoms with Gasteiger partial charge in [0, 0.05) is 19.0 Å². The molecule has 0 atom stereocenters. The van der Waals surface area contributed by atoms with Crippen molar-refractivity contribution in [2.45, 2.75) is 30.6 Å². The number of alkyl halides is 4. The highest BCUT2D eigenvalue weighted by atomic mass is 28.3. The predicted molar refractivity (Wildman–Crippen MR) is 43.5 cm³/mol. The smallest absolute Gasteiger partial charge is 0.211 e. The topological polar surface area (TPSA) is 0 Å². The lowest BCUT2D eigenvalue weighted by Crippen LogP contribution is -2.04. The summed E-state index contributed by atoms with van der Waals surface area (Å²) >= 11 is 0. The van der Waals surface area contributed by atoms with Gasteiger partial charge in [-0.15, -0.1) is 0 Å². The van der Waals surface area contributed by atoms with E-state index in [1.54, 1.807) is 0 Å². The van der Waals surface area contributed by atoms with Gasteiger partial charge in [-0.1, -0.05) is 5.67 Å². The summed E-state index contributed by atoms with van der Waals surface area (Å²) in [5.74, 6) is 0. The van der Waals surface area contributed by atoms with E-state index in [4.69, 9.17) is 0 Å². The molecule has 68 valence electrons. The molecule has 11 heavy (non-hydrogen) atoms. The van der Waals surface area contributed by atoms with Crippen LogP contribution in [-0.2, 0) is 0 Å². The van der Waals surface area contributed by atoms with Crippen LogP contribution >= 0.6 is 0 Å². The molecule has 0 aliphatic carbocycles. The molecule has 0 bridgehead atoms. The molecule has 0 aromatic rings. The molecule has 0 rings (SSSR count). The molecule has 0 unspecified atom stereocenters.